The molecule has 1 atom stereocenters. The second kappa shape index (κ2) is 16.1. The van der Waals surface area contributed by atoms with Gasteiger partial charge in [-0.2, -0.15) is 0 Å². The molecule has 5 aromatic carbocycles. The fourth-order valence-corrected chi connectivity index (χ4v) is 6.84. The Kier molecular flexibility index (Phi) is 11.5. The molecule has 246 valence electrons. The number of nitrogens with one attached hydrogen (secondary N) is 1. The van der Waals surface area contributed by atoms with Crippen LogP contribution in [0.25, 0.3) is 0 Å². The summed E-state index contributed by atoms with van der Waals surface area (Å²) < 4.78 is 35.4. The summed E-state index contributed by atoms with van der Waals surface area (Å²) >= 11 is 6.55. The number of para-hydroxylation sites is 1. The van der Waals surface area contributed by atoms with Crippen molar-refractivity contribution < 1.29 is 22.7 Å². The number of hydrogen-bond donors (Lipinski definition) is 1. The zero-order chi connectivity index (χ0) is 33.9. The molecule has 0 radical (unpaired) electrons. The van der Waals surface area contributed by atoms with Gasteiger partial charge in [0, 0.05) is 24.5 Å². The second-order valence-corrected chi connectivity index (χ2v) is 13.2. The third kappa shape index (κ3) is 8.61. The summed E-state index contributed by atoms with van der Waals surface area (Å²) in [5.74, 6) is 0.180. The van der Waals surface area contributed by atoms with Gasteiger partial charge in [-0.05, 0) is 72.6 Å². The molecule has 0 spiro atoms. The number of carbonyl (C=O) groups is 2. The number of ether oxygens (including phenoxy) is 1. The van der Waals surface area contributed by atoms with Crippen molar-refractivity contribution in [2.75, 3.05) is 17.4 Å². The highest BCUT2D eigenvalue weighted by atomic mass is 35.5. The van der Waals surface area contributed by atoms with Gasteiger partial charge in [0.1, 0.15) is 24.1 Å². The lowest BCUT2D eigenvalue weighted by Gasteiger charge is -2.34. The van der Waals surface area contributed by atoms with Gasteiger partial charge in [-0.1, -0.05) is 96.5 Å². The van der Waals surface area contributed by atoms with E-state index in [1.807, 2.05) is 60.7 Å². The van der Waals surface area contributed by atoms with Crippen LogP contribution >= 0.6 is 11.6 Å². The highest BCUT2D eigenvalue weighted by molar-refractivity contribution is 7.92. The number of sulfonamides is 1. The lowest BCUT2D eigenvalue weighted by molar-refractivity contribution is -0.140. The molecule has 48 heavy (non-hydrogen) atoms. The van der Waals surface area contributed by atoms with E-state index in [9.17, 15) is 18.0 Å². The van der Waals surface area contributed by atoms with Crippen LogP contribution in [0.15, 0.2) is 144 Å². The summed E-state index contributed by atoms with van der Waals surface area (Å²) in [5.41, 5.74) is 1.71. The number of amides is 2. The fourth-order valence-electron chi connectivity index (χ4n) is 5.21. The SMILES string of the molecule is CCNC(=O)C(Cc1ccccc1)N(Cc1ccccc1Cl)C(=O)CN(c1ccc(Oc2ccccc2)cc1)S(=O)(=O)c1ccccc1. The summed E-state index contributed by atoms with van der Waals surface area (Å²) in [7, 11) is -4.23. The third-order valence-electron chi connectivity index (χ3n) is 7.63. The quantitative estimate of drug-likeness (QED) is 0.135. The Morgan fingerprint density at radius 1 is 0.750 bits per heavy atom. The van der Waals surface area contributed by atoms with Crippen LogP contribution in [0.2, 0.25) is 5.02 Å². The van der Waals surface area contributed by atoms with Gasteiger partial charge in [0.15, 0.2) is 0 Å². The number of hydrogen-bond acceptors (Lipinski definition) is 5. The zero-order valence-corrected chi connectivity index (χ0v) is 28.0. The third-order valence-corrected chi connectivity index (χ3v) is 9.79. The van der Waals surface area contributed by atoms with Gasteiger partial charge in [-0.25, -0.2) is 8.42 Å². The first-order valence-electron chi connectivity index (χ1n) is 15.5. The molecule has 0 aliphatic rings. The van der Waals surface area contributed by atoms with E-state index in [1.165, 1.54) is 17.0 Å². The van der Waals surface area contributed by atoms with Crippen molar-refractivity contribution >= 4 is 39.1 Å². The first-order chi connectivity index (χ1) is 23.3. The molecule has 2 amide bonds. The predicted molar refractivity (Wildman–Crippen MR) is 189 cm³/mol. The number of benzene rings is 5. The van der Waals surface area contributed by atoms with Crippen molar-refractivity contribution in [2.45, 2.75) is 30.8 Å². The van der Waals surface area contributed by atoms with Crippen LogP contribution in [0.5, 0.6) is 11.5 Å². The maximum Gasteiger partial charge on any atom is 0.264 e. The number of nitrogens with zero attached hydrogens (tertiary/aromatic N) is 2. The predicted octanol–water partition coefficient (Wildman–Crippen LogP) is 7.10. The topological polar surface area (TPSA) is 96.0 Å². The summed E-state index contributed by atoms with van der Waals surface area (Å²) in [5, 5.41) is 3.28. The van der Waals surface area contributed by atoms with Crippen LogP contribution in [-0.2, 0) is 32.6 Å². The molecule has 5 rings (SSSR count). The molecule has 0 bridgehead atoms. The molecule has 0 saturated heterocycles. The second-order valence-electron chi connectivity index (χ2n) is 10.9. The van der Waals surface area contributed by atoms with Crippen LogP contribution in [0, 0.1) is 0 Å². The highest BCUT2D eigenvalue weighted by Crippen LogP contribution is 2.29. The van der Waals surface area contributed by atoms with Crippen molar-refractivity contribution in [2.24, 2.45) is 0 Å². The molecule has 5 aromatic rings. The highest BCUT2D eigenvalue weighted by Gasteiger charge is 2.34. The van der Waals surface area contributed by atoms with E-state index >= 15 is 0 Å². The zero-order valence-electron chi connectivity index (χ0n) is 26.4. The molecular weight excluding hydrogens is 646 g/mol. The van der Waals surface area contributed by atoms with Gasteiger partial charge in [0.05, 0.1) is 10.6 Å². The maximum absolute atomic E-state index is 14.5. The van der Waals surface area contributed by atoms with Crippen molar-refractivity contribution in [1.82, 2.24) is 10.2 Å². The first-order valence-corrected chi connectivity index (χ1v) is 17.3. The Morgan fingerprint density at radius 3 is 1.94 bits per heavy atom. The summed E-state index contributed by atoms with van der Waals surface area (Å²) in [6.45, 7) is 1.56. The van der Waals surface area contributed by atoms with E-state index in [2.05, 4.69) is 5.32 Å². The van der Waals surface area contributed by atoms with Crippen LogP contribution in [0.4, 0.5) is 5.69 Å². The van der Waals surface area contributed by atoms with Crippen LogP contribution in [-0.4, -0.2) is 44.3 Å². The minimum atomic E-state index is -4.23. The average Bonchev–Trinajstić information content (AvgIpc) is 3.11. The number of likely N-dealkylation sites (N-methyl/N-ethyl adjacent to an activating group) is 1. The molecule has 10 heteroatoms. The fraction of sp³-hybridized carbons (Fsp3) is 0.158. The molecule has 0 heterocycles. The Balaban J connectivity index is 1.55. The van der Waals surface area contributed by atoms with Gasteiger partial charge in [-0.3, -0.25) is 13.9 Å². The Morgan fingerprint density at radius 2 is 1.31 bits per heavy atom. The lowest BCUT2D eigenvalue weighted by atomic mass is 10.0. The summed E-state index contributed by atoms with van der Waals surface area (Å²) in [4.78, 5) is 29.6. The van der Waals surface area contributed by atoms with Crippen molar-refractivity contribution in [1.29, 1.82) is 0 Å². The summed E-state index contributed by atoms with van der Waals surface area (Å²) in [6.07, 6.45) is 0.208. The first kappa shape index (κ1) is 34.2. The van der Waals surface area contributed by atoms with E-state index in [4.69, 9.17) is 16.3 Å². The standard InChI is InChI=1S/C38H36ClN3O5S/c1-2-40-38(44)36(26-29-14-6-3-7-15-29)41(27-30-16-12-13-21-35(30)39)37(43)28-42(48(45,46)34-19-10-5-11-20-34)31-22-24-33(25-23-31)47-32-17-8-4-9-18-32/h3-25,36H,2,26-28H2,1H3,(H,40,44). The van der Waals surface area contributed by atoms with Crippen LogP contribution in [0.3, 0.4) is 0 Å². The van der Waals surface area contributed by atoms with Gasteiger partial charge in [0.2, 0.25) is 11.8 Å². The minimum Gasteiger partial charge on any atom is -0.457 e. The normalized spacial score (nSPS) is 11.7. The minimum absolute atomic E-state index is 0.0176. The summed E-state index contributed by atoms with van der Waals surface area (Å²) in [6, 6.07) is 39.1. The van der Waals surface area contributed by atoms with Gasteiger partial charge in [-0.15, -0.1) is 0 Å². The number of rotatable bonds is 14. The molecule has 0 aromatic heterocycles. The molecule has 8 nitrogen and oxygen atoms in total. The Hall–Kier alpha value is -5.12. The van der Waals surface area contributed by atoms with E-state index in [0.717, 1.165) is 9.87 Å². The number of halogens is 1. The van der Waals surface area contributed by atoms with E-state index in [1.54, 1.807) is 73.7 Å². The van der Waals surface area contributed by atoms with Crippen molar-refractivity contribution in [3.05, 3.63) is 156 Å². The maximum atomic E-state index is 14.5. The van der Waals surface area contributed by atoms with Gasteiger partial charge in [0.25, 0.3) is 10.0 Å². The molecule has 0 aliphatic heterocycles. The molecular formula is C38H36ClN3O5S. The lowest BCUT2D eigenvalue weighted by Crippen LogP contribution is -2.53. The monoisotopic (exact) mass is 681 g/mol. The molecule has 0 saturated carbocycles. The molecule has 0 aliphatic carbocycles. The van der Waals surface area contributed by atoms with Crippen molar-refractivity contribution in [3.8, 4) is 11.5 Å². The smallest absolute Gasteiger partial charge is 0.264 e. The number of carbonyl (C=O) groups excluding carboxylic acids is 2. The van der Waals surface area contributed by atoms with Gasteiger partial charge >= 0.3 is 0 Å². The van der Waals surface area contributed by atoms with Gasteiger partial charge < -0.3 is 15.0 Å². The Bertz CT molecular complexity index is 1910. The van der Waals surface area contributed by atoms with E-state index in [-0.39, 0.29) is 29.5 Å². The van der Waals surface area contributed by atoms with Crippen molar-refractivity contribution in [3.63, 3.8) is 0 Å². The molecule has 1 unspecified atom stereocenters. The Labute approximate surface area is 286 Å². The van der Waals surface area contributed by atoms with E-state index in [0.29, 0.717) is 28.6 Å². The molecule has 0 fully saturated rings. The largest absolute Gasteiger partial charge is 0.457 e. The van der Waals surface area contributed by atoms with Crippen LogP contribution < -0.4 is 14.4 Å². The van der Waals surface area contributed by atoms with Crippen LogP contribution in [0.1, 0.15) is 18.1 Å². The number of anilines is 1. The molecule has 1 N–H and O–H groups in total. The average molecular weight is 682 g/mol. The van der Waals surface area contributed by atoms with E-state index < -0.39 is 28.5 Å².